The number of aliphatic hydroxyl groups is 1. The maximum Gasteiger partial charge on any atom is 0.327 e. The molecule has 0 aromatic rings. The van der Waals surface area contributed by atoms with Gasteiger partial charge in [0.15, 0.2) is 0 Å². The number of hydrogen-bond acceptors (Lipinski definition) is 5. The van der Waals surface area contributed by atoms with E-state index in [1.54, 1.807) is 0 Å². The van der Waals surface area contributed by atoms with Crippen LogP contribution < -0.4 is 5.32 Å². The predicted octanol–water partition coefficient (Wildman–Crippen LogP) is -0.682. The first-order chi connectivity index (χ1) is 7.57. The highest BCUT2D eigenvalue weighted by Gasteiger charge is 2.17. The molecule has 0 unspecified atom stereocenters. The average Bonchev–Trinajstić information content (AvgIpc) is 2.20. The molecule has 1 amide bonds. The van der Waals surface area contributed by atoms with Gasteiger partial charge in [-0.1, -0.05) is 0 Å². The minimum Gasteiger partial charge on any atom is -0.480 e. The number of amides is 1. The summed E-state index contributed by atoms with van der Waals surface area (Å²) in [6.07, 6.45) is 0. The van der Waals surface area contributed by atoms with Crippen LogP contribution in [0.5, 0.6) is 0 Å². The molecule has 0 bridgehead atoms. The number of carboxylic acid groups (broad SMARTS) is 1. The second-order valence-electron chi connectivity index (χ2n) is 3.00. The Balaban J connectivity index is 3.60. The van der Waals surface area contributed by atoms with Crippen LogP contribution in [0.1, 0.15) is 6.92 Å². The maximum absolute atomic E-state index is 10.7. The summed E-state index contributed by atoms with van der Waals surface area (Å²) in [5.74, 6) is -0.468. The lowest BCUT2D eigenvalue weighted by molar-refractivity contribution is -0.140. The van der Waals surface area contributed by atoms with E-state index in [-0.39, 0.29) is 19.1 Å². The van der Waals surface area contributed by atoms with Crippen molar-refractivity contribution in [2.75, 3.05) is 31.3 Å². The van der Waals surface area contributed by atoms with Gasteiger partial charge in [0.25, 0.3) is 0 Å². The lowest BCUT2D eigenvalue weighted by Crippen LogP contribution is -2.41. The van der Waals surface area contributed by atoms with E-state index in [9.17, 15) is 9.59 Å². The van der Waals surface area contributed by atoms with Crippen LogP contribution in [0.25, 0.3) is 0 Å². The third-order valence-electron chi connectivity index (χ3n) is 1.57. The van der Waals surface area contributed by atoms with E-state index in [2.05, 4.69) is 5.32 Å². The molecule has 94 valence electrons. The van der Waals surface area contributed by atoms with Gasteiger partial charge in [-0.25, -0.2) is 4.79 Å². The Labute approximate surface area is 98.4 Å². The molecule has 0 saturated carbocycles. The molecule has 0 aromatic carbocycles. The molecule has 16 heavy (non-hydrogen) atoms. The first-order valence-electron chi connectivity index (χ1n) is 4.84. The molecule has 0 saturated heterocycles. The van der Waals surface area contributed by atoms with Crippen LogP contribution in [-0.4, -0.2) is 59.5 Å². The molecule has 3 N–H and O–H groups in total. The first-order valence-corrected chi connectivity index (χ1v) is 5.99. The van der Waals surface area contributed by atoms with E-state index in [4.69, 9.17) is 14.9 Å². The third-order valence-corrected chi connectivity index (χ3v) is 2.59. The molecule has 0 rings (SSSR count). The summed E-state index contributed by atoms with van der Waals surface area (Å²) in [4.78, 5) is 21.4. The van der Waals surface area contributed by atoms with Crippen LogP contribution in [0.4, 0.5) is 0 Å². The number of carbonyl (C=O) groups excluding carboxylic acids is 1. The topological polar surface area (TPSA) is 95.9 Å². The zero-order valence-electron chi connectivity index (χ0n) is 9.14. The minimum absolute atomic E-state index is 0.0195. The second kappa shape index (κ2) is 9.44. The highest BCUT2D eigenvalue weighted by atomic mass is 32.2. The van der Waals surface area contributed by atoms with Crippen molar-refractivity contribution in [3.05, 3.63) is 0 Å². The van der Waals surface area contributed by atoms with Gasteiger partial charge in [-0.3, -0.25) is 4.79 Å². The van der Waals surface area contributed by atoms with Crippen LogP contribution in [-0.2, 0) is 14.3 Å². The molecule has 0 aromatic heterocycles. The van der Waals surface area contributed by atoms with Gasteiger partial charge in [0.2, 0.25) is 5.91 Å². The van der Waals surface area contributed by atoms with Crippen molar-refractivity contribution in [3.8, 4) is 0 Å². The molecule has 0 spiro atoms. The van der Waals surface area contributed by atoms with Crippen molar-refractivity contribution in [2.24, 2.45) is 0 Å². The van der Waals surface area contributed by atoms with Crippen LogP contribution in [0.15, 0.2) is 0 Å². The fraction of sp³-hybridized carbons (Fsp3) is 0.778. The zero-order valence-corrected chi connectivity index (χ0v) is 9.96. The van der Waals surface area contributed by atoms with E-state index >= 15 is 0 Å². The lowest BCUT2D eigenvalue weighted by Gasteiger charge is -2.12. The largest absolute Gasteiger partial charge is 0.480 e. The normalized spacial score (nSPS) is 12.1. The number of nitrogens with one attached hydrogen (secondary N) is 1. The molecule has 1 atom stereocenters. The van der Waals surface area contributed by atoms with Gasteiger partial charge in [-0.15, -0.1) is 0 Å². The summed E-state index contributed by atoms with van der Waals surface area (Å²) in [6.45, 7) is 2.01. The summed E-state index contributed by atoms with van der Waals surface area (Å²) < 4.78 is 5.00. The highest BCUT2D eigenvalue weighted by Crippen LogP contribution is 2.03. The number of aliphatic carboxylic acids is 1. The summed E-state index contributed by atoms with van der Waals surface area (Å²) >= 11 is 1.38. The van der Waals surface area contributed by atoms with Gasteiger partial charge in [0.05, 0.1) is 19.8 Å². The van der Waals surface area contributed by atoms with Gasteiger partial charge < -0.3 is 20.3 Å². The van der Waals surface area contributed by atoms with E-state index in [0.717, 1.165) is 0 Å². The number of aliphatic hydroxyl groups excluding tert-OH is 1. The molecule has 7 heteroatoms. The standard InChI is InChI=1S/C9H17NO5S/c1-7(12)10-8(9(13)14)6-16-5-4-15-3-2-11/h8,11H,2-6H2,1H3,(H,10,12)(H,13,14)/t8-/m0/s1. The van der Waals surface area contributed by atoms with Crippen molar-refractivity contribution in [1.82, 2.24) is 5.32 Å². The van der Waals surface area contributed by atoms with Crippen LogP contribution in [0, 0.1) is 0 Å². The minimum atomic E-state index is -1.04. The van der Waals surface area contributed by atoms with Crippen molar-refractivity contribution in [1.29, 1.82) is 0 Å². The number of thioether (sulfide) groups is 1. The van der Waals surface area contributed by atoms with Crippen molar-refractivity contribution >= 4 is 23.6 Å². The fourth-order valence-electron chi connectivity index (χ4n) is 0.906. The Morgan fingerprint density at radius 1 is 1.44 bits per heavy atom. The number of carboxylic acids is 1. The average molecular weight is 251 g/mol. The van der Waals surface area contributed by atoms with Gasteiger partial charge in [0.1, 0.15) is 6.04 Å². The molecular weight excluding hydrogens is 234 g/mol. The Bertz CT molecular complexity index is 224. The van der Waals surface area contributed by atoms with Crippen LogP contribution >= 0.6 is 11.8 Å². The van der Waals surface area contributed by atoms with E-state index in [1.807, 2.05) is 0 Å². The predicted molar refractivity (Wildman–Crippen MR) is 60.5 cm³/mol. The van der Waals surface area contributed by atoms with Gasteiger partial charge >= 0.3 is 5.97 Å². The Kier molecular flexibility index (Phi) is 8.97. The number of rotatable bonds is 9. The third kappa shape index (κ3) is 8.51. The molecular formula is C9H17NO5S. The zero-order chi connectivity index (χ0) is 12.4. The summed E-state index contributed by atoms with van der Waals surface area (Å²) in [5.41, 5.74) is 0. The van der Waals surface area contributed by atoms with Gasteiger partial charge in [-0.05, 0) is 0 Å². The highest BCUT2D eigenvalue weighted by molar-refractivity contribution is 7.99. The number of ether oxygens (including phenoxy) is 1. The lowest BCUT2D eigenvalue weighted by atomic mass is 10.3. The summed E-state index contributed by atoms with van der Waals surface area (Å²) in [5, 5.41) is 19.5. The fourth-order valence-corrected chi connectivity index (χ4v) is 1.77. The van der Waals surface area contributed by atoms with Crippen LogP contribution in [0.2, 0.25) is 0 Å². The molecule has 0 heterocycles. The van der Waals surface area contributed by atoms with Crippen molar-refractivity contribution in [3.63, 3.8) is 0 Å². The molecule has 6 nitrogen and oxygen atoms in total. The monoisotopic (exact) mass is 251 g/mol. The second-order valence-corrected chi connectivity index (χ2v) is 4.15. The molecule has 0 aliphatic carbocycles. The number of hydrogen-bond donors (Lipinski definition) is 3. The Morgan fingerprint density at radius 3 is 2.62 bits per heavy atom. The van der Waals surface area contributed by atoms with Crippen molar-refractivity contribution in [2.45, 2.75) is 13.0 Å². The first kappa shape index (κ1) is 15.2. The molecule has 0 radical (unpaired) electrons. The van der Waals surface area contributed by atoms with Gasteiger partial charge in [0, 0.05) is 18.4 Å². The SMILES string of the molecule is CC(=O)N[C@@H](CSCCOCCO)C(=O)O. The summed E-state index contributed by atoms with van der Waals surface area (Å²) in [6, 6.07) is -0.861. The van der Waals surface area contributed by atoms with Crippen LogP contribution in [0.3, 0.4) is 0 Å². The van der Waals surface area contributed by atoms with E-state index in [1.165, 1.54) is 18.7 Å². The van der Waals surface area contributed by atoms with E-state index in [0.29, 0.717) is 18.1 Å². The quantitative estimate of drug-likeness (QED) is 0.470. The molecule has 0 aliphatic heterocycles. The maximum atomic E-state index is 10.7. The Morgan fingerprint density at radius 2 is 2.12 bits per heavy atom. The molecule has 0 aliphatic rings. The Hall–Kier alpha value is -0.790. The smallest absolute Gasteiger partial charge is 0.327 e. The summed E-state index contributed by atoms with van der Waals surface area (Å²) in [7, 11) is 0. The number of carbonyl (C=O) groups is 2. The van der Waals surface area contributed by atoms with Crippen molar-refractivity contribution < 1.29 is 24.5 Å². The van der Waals surface area contributed by atoms with E-state index < -0.39 is 12.0 Å². The molecule has 0 fully saturated rings. The van der Waals surface area contributed by atoms with Gasteiger partial charge in [-0.2, -0.15) is 11.8 Å².